The fourth-order valence-corrected chi connectivity index (χ4v) is 3.52. The predicted octanol–water partition coefficient (Wildman–Crippen LogP) is 1.73. The van der Waals surface area contributed by atoms with E-state index in [-0.39, 0.29) is 29.9 Å². The molecule has 0 saturated carbocycles. The van der Waals surface area contributed by atoms with Crippen molar-refractivity contribution < 1.29 is 4.79 Å². The minimum absolute atomic E-state index is 0. The van der Waals surface area contributed by atoms with Crippen molar-refractivity contribution >= 4 is 47.2 Å². The van der Waals surface area contributed by atoms with E-state index in [1.54, 1.807) is 18.4 Å². The van der Waals surface area contributed by atoms with Crippen molar-refractivity contribution in [1.82, 2.24) is 25.8 Å². The Morgan fingerprint density at radius 3 is 2.69 bits per heavy atom. The fraction of sp³-hybridized carbons (Fsp3) is 0.706. The van der Waals surface area contributed by atoms with Gasteiger partial charge in [0.05, 0.1) is 13.1 Å². The van der Waals surface area contributed by atoms with E-state index in [0.29, 0.717) is 19.1 Å². The van der Waals surface area contributed by atoms with Crippen LogP contribution in [-0.4, -0.2) is 61.0 Å². The van der Waals surface area contributed by atoms with Crippen molar-refractivity contribution in [2.45, 2.75) is 45.7 Å². The molecule has 0 bridgehead atoms. The van der Waals surface area contributed by atoms with Gasteiger partial charge in [0.25, 0.3) is 0 Å². The van der Waals surface area contributed by atoms with Gasteiger partial charge >= 0.3 is 0 Å². The van der Waals surface area contributed by atoms with Gasteiger partial charge in [0.2, 0.25) is 5.91 Å². The molecule has 1 fully saturated rings. The predicted molar refractivity (Wildman–Crippen MR) is 118 cm³/mol. The summed E-state index contributed by atoms with van der Waals surface area (Å²) in [5, 5.41) is 10.8. The van der Waals surface area contributed by atoms with E-state index in [9.17, 15) is 4.79 Å². The average Bonchev–Trinajstić information content (AvgIpc) is 3.03. The number of piperidine rings is 1. The van der Waals surface area contributed by atoms with Crippen LogP contribution in [0, 0.1) is 6.92 Å². The molecule has 2 rings (SSSR count). The quantitative estimate of drug-likeness (QED) is 0.306. The molecule has 148 valence electrons. The summed E-state index contributed by atoms with van der Waals surface area (Å²) in [6, 6.07) is 0.388. The van der Waals surface area contributed by atoms with Gasteiger partial charge in [0.1, 0.15) is 5.01 Å². The zero-order valence-corrected chi connectivity index (χ0v) is 19.0. The van der Waals surface area contributed by atoms with Crippen molar-refractivity contribution in [3.8, 4) is 0 Å². The van der Waals surface area contributed by atoms with Crippen LogP contribution in [-0.2, 0) is 11.3 Å². The van der Waals surface area contributed by atoms with E-state index in [1.165, 1.54) is 4.88 Å². The van der Waals surface area contributed by atoms with E-state index < -0.39 is 0 Å². The third-order valence-corrected chi connectivity index (χ3v) is 5.08. The lowest BCUT2D eigenvalue weighted by Crippen LogP contribution is -2.50. The zero-order chi connectivity index (χ0) is 18.1. The molecule has 0 spiro atoms. The van der Waals surface area contributed by atoms with Crippen LogP contribution in [0.3, 0.4) is 0 Å². The minimum Gasteiger partial charge on any atom is -0.355 e. The highest BCUT2D eigenvalue weighted by molar-refractivity contribution is 14.0. The van der Waals surface area contributed by atoms with Gasteiger partial charge in [-0.2, -0.15) is 0 Å². The Bertz CT molecular complexity index is 571. The molecule has 0 atom stereocenters. The summed E-state index contributed by atoms with van der Waals surface area (Å²) < 4.78 is 0. The van der Waals surface area contributed by atoms with Crippen molar-refractivity contribution in [1.29, 1.82) is 0 Å². The van der Waals surface area contributed by atoms with Crippen LogP contribution in [0.4, 0.5) is 0 Å². The van der Waals surface area contributed by atoms with Crippen LogP contribution in [0.1, 0.15) is 36.1 Å². The lowest BCUT2D eigenvalue weighted by Gasteiger charge is -2.32. The highest BCUT2D eigenvalue weighted by Crippen LogP contribution is 2.11. The van der Waals surface area contributed by atoms with Gasteiger partial charge in [-0.05, 0) is 26.2 Å². The lowest BCUT2D eigenvalue weighted by atomic mass is 10.1. The van der Waals surface area contributed by atoms with Gasteiger partial charge in [-0.3, -0.25) is 14.7 Å². The monoisotopic (exact) mass is 494 g/mol. The number of hydrogen-bond donors (Lipinski definition) is 3. The summed E-state index contributed by atoms with van der Waals surface area (Å²) in [5.74, 6) is 0.941. The number of hydrogen-bond acceptors (Lipinski definition) is 5. The summed E-state index contributed by atoms with van der Waals surface area (Å²) in [7, 11) is 1.79. The molecule has 1 aliphatic heterocycles. The SMILES string of the molecule is CCCNC(=O)CN1CCC(NC(=NC)NCc2ncc(C)s2)CC1.I. The molecule has 2 heterocycles. The summed E-state index contributed by atoms with van der Waals surface area (Å²) in [6.45, 7) is 7.94. The zero-order valence-electron chi connectivity index (χ0n) is 15.9. The number of rotatable bonds is 7. The summed E-state index contributed by atoms with van der Waals surface area (Å²) in [6.07, 6.45) is 4.89. The van der Waals surface area contributed by atoms with E-state index in [4.69, 9.17) is 0 Å². The average molecular weight is 494 g/mol. The van der Waals surface area contributed by atoms with Gasteiger partial charge in [-0.1, -0.05) is 6.92 Å². The van der Waals surface area contributed by atoms with E-state index in [2.05, 4.69) is 44.7 Å². The Kier molecular flexibility index (Phi) is 11.1. The van der Waals surface area contributed by atoms with Crippen LogP contribution in [0.2, 0.25) is 0 Å². The number of aryl methyl sites for hydroxylation is 1. The number of carbonyl (C=O) groups excluding carboxylic acids is 1. The van der Waals surface area contributed by atoms with Crippen LogP contribution >= 0.6 is 35.3 Å². The molecule has 26 heavy (non-hydrogen) atoms. The first-order valence-electron chi connectivity index (χ1n) is 8.98. The maximum Gasteiger partial charge on any atom is 0.234 e. The number of aromatic nitrogens is 1. The molecule has 1 amide bonds. The molecule has 0 aromatic carbocycles. The Morgan fingerprint density at radius 1 is 1.38 bits per heavy atom. The molecule has 1 aromatic heterocycles. The number of halogens is 1. The largest absolute Gasteiger partial charge is 0.355 e. The molecule has 1 aliphatic rings. The Balaban J connectivity index is 0.00000338. The maximum atomic E-state index is 11.8. The summed E-state index contributed by atoms with van der Waals surface area (Å²) in [4.78, 5) is 23.9. The van der Waals surface area contributed by atoms with Crippen LogP contribution in [0.5, 0.6) is 0 Å². The smallest absolute Gasteiger partial charge is 0.234 e. The summed E-state index contributed by atoms with van der Waals surface area (Å²) >= 11 is 1.70. The standard InChI is InChI=1S/C17H30N6OS.HI/c1-4-7-19-15(24)12-23-8-5-14(6-9-23)22-17(18-3)21-11-16-20-10-13(2)25-16;/h10,14H,4-9,11-12H2,1-3H3,(H,19,24)(H2,18,21,22);1H. The third kappa shape index (κ3) is 8.17. The second-order valence-electron chi connectivity index (χ2n) is 6.34. The molecule has 7 nitrogen and oxygen atoms in total. The Morgan fingerprint density at radius 2 is 2.12 bits per heavy atom. The van der Waals surface area contributed by atoms with Crippen LogP contribution < -0.4 is 16.0 Å². The van der Waals surface area contributed by atoms with Crippen LogP contribution in [0.25, 0.3) is 0 Å². The first kappa shape index (κ1) is 23.1. The van der Waals surface area contributed by atoms with E-state index in [1.807, 2.05) is 6.20 Å². The van der Waals surface area contributed by atoms with Crippen LogP contribution in [0.15, 0.2) is 11.2 Å². The molecular formula is C17H31IN6OS. The van der Waals surface area contributed by atoms with Gasteiger partial charge in [0, 0.05) is 43.8 Å². The molecule has 1 saturated heterocycles. The third-order valence-electron chi connectivity index (χ3n) is 4.17. The number of thiazole rings is 1. The Hall–Kier alpha value is -0.940. The number of nitrogens with one attached hydrogen (secondary N) is 3. The number of carbonyl (C=O) groups is 1. The highest BCUT2D eigenvalue weighted by atomic mass is 127. The molecule has 0 unspecified atom stereocenters. The number of nitrogens with zero attached hydrogens (tertiary/aromatic N) is 3. The Labute approximate surface area is 177 Å². The molecule has 1 aromatic rings. The van der Waals surface area contributed by atoms with Crippen molar-refractivity contribution in [2.24, 2.45) is 4.99 Å². The molecule has 3 N–H and O–H groups in total. The second-order valence-corrected chi connectivity index (χ2v) is 7.65. The van der Waals surface area contributed by atoms with E-state index >= 15 is 0 Å². The molecule has 0 radical (unpaired) electrons. The normalized spacial score (nSPS) is 16.0. The first-order chi connectivity index (χ1) is 12.1. The molecule has 9 heteroatoms. The van der Waals surface area contributed by atoms with E-state index in [0.717, 1.165) is 49.9 Å². The maximum absolute atomic E-state index is 11.8. The van der Waals surface area contributed by atoms with Gasteiger partial charge in [-0.25, -0.2) is 4.98 Å². The summed E-state index contributed by atoms with van der Waals surface area (Å²) in [5.41, 5.74) is 0. The minimum atomic E-state index is 0. The van der Waals surface area contributed by atoms with Crippen molar-refractivity contribution in [2.75, 3.05) is 33.2 Å². The number of likely N-dealkylation sites (tertiary alicyclic amines) is 1. The highest BCUT2D eigenvalue weighted by Gasteiger charge is 2.21. The molecule has 0 aliphatic carbocycles. The van der Waals surface area contributed by atoms with Gasteiger partial charge < -0.3 is 16.0 Å². The number of aliphatic imine (C=N–C) groups is 1. The molecular weight excluding hydrogens is 463 g/mol. The van der Waals surface area contributed by atoms with Crippen molar-refractivity contribution in [3.05, 3.63) is 16.1 Å². The lowest BCUT2D eigenvalue weighted by molar-refractivity contribution is -0.122. The first-order valence-corrected chi connectivity index (χ1v) is 9.80. The number of amides is 1. The van der Waals surface area contributed by atoms with Gasteiger partial charge in [-0.15, -0.1) is 35.3 Å². The number of guanidine groups is 1. The second kappa shape index (κ2) is 12.4. The van der Waals surface area contributed by atoms with Crippen molar-refractivity contribution in [3.63, 3.8) is 0 Å². The fourth-order valence-electron chi connectivity index (χ4n) is 2.79. The van der Waals surface area contributed by atoms with Gasteiger partial charge in [0.15, 0.2) is 5.96 Å². The topological polar surface area (TPSA) is 81.7 Å².